The number of benzene rings is 1. The molecule has 18 heavy (non-hydrogen) atoms. The zero-order valence-electron chi connectivity index (χ0n) is 10.9. The Kier molecular flexibility index (Phi) is 3.67. The lowest BCUT2D eigenvalue weighted by atomic mass is 10.1. The summed E-state index contributed by atoms with van der Waals surface area (Å²) in [7, 11) is 0. The normalized spacial score (nSPS) is 10.9. The molecule has 2 rings (SSSR count). The van der Waals surface area contributed by atoms with Crippen molar-refractivity contribution in [2.75, 3.05) is 0 Å². The van der Waals surface area contributed by atoms with Gasteiger partial charge >= 0.3 is 0 Å². The van der Waals surface area contributed by atoms with E-state index in [1.807, 2.05) is 45.0 Å². The van der Waals surface area contributed by atoms with E-state index in [9.17, 15) is 0 Å². The van der Waals surface area contributed by atoms with Crippen LogP contribution in [0.25, 0.3) is 11.3 Å². The summed E-state index contributed by atoms with van der Waals surface area (Å²) in [5.74, 6) is 1.62. The number of ether oxygens (including phenoxy) is 1. The zero-order valence-corrected chi connectivity index (χ0v) is 10.9. The average molecular weight is 246 g/mol. The maximum absolute atomic E-state index is 5.60. The molecule has 0 unspecified atom stereocenters. The average Bonchev–Trinajstić information content (AvgIpc) is 2.71. The van der Waals surface area contributed by atoms with E-state index >= 15 is 0 Å². The number of nitrogens with zero attached hydrogens (tertiary/aromatic N) is 1. The van der Waals surface area contributed by atoms with Gasteiger partial charge in [-0.1, -0.05) is 5.16 Å². The first kappa shape index (κ1) is 12.6. The fourth-order valence-electron chi connectivity index (χ4n) is 1.79. The van der Waals surface area contributed by atoms with Crippen LogP contribution in [0.4, 0.5) is 0 Å². The quantitative estimate of drug-likeness (QED) is 0.901. The third-order valence-corrected chi connectivity index (χ3v) is 2.70. The summed E-state index contributed by atoms with van der Waals surface area (Å²) < 4.78 is 10.9. The minimum Gasteiger partial charge on any atom is -0.491 e. The summed E-state index contributed by atoms with van der Waals surface area (Å²) in [6.07, 6.45) is 0.173. The fourth-order valence-corrected chi connectivity index (χ4v) is 1.79. The molecule has 0 bridgehead atoms. The Balaban J connectivity index is 2.26. The molecule has 0 saturated heterocycles. The Morgan fingerprint density at radius 2 is 1.94 bits per heavy atom. The molecule has 0 aliphatic heterocycles. The highest BCUT2D eigenvalue weighted by molar-refractivity contribution is 5.62. The van der Waals surface area contributed by atoms with Gasteiger partial charge in [0.25, 0.3) is 0 Å². The molecule has 96 valence electrons. The molecule has 0 aliphatic rings. The largest absolute Gasteiger partial charge is 0.491 e. The third kappa shape index (κ3) is 2.54. The second-order valence-corrected chi connectivity index (χ2v) is 4.48. The Morgan fingerprint density at radius 3 is 2.44 bits per heavy atom. The predicted molar refractivity (Wildman–Crippen MR) is 70.3 cm³/mol. The van der Waals surface area contributed by atoms with Crippen molar-refractivity contribution in [1.29, 1.82) is 0 Å². The van der Waals surface area contributed by atoms with Crippen LogP contribution in [0.2, 0.25) is 0 Å². The lowest BCUT2D eigenvalue weighted by Gasteiger charge is -2.09. The highest BCUT2D eigenvalue weighted by Crippen LogP contribution is 2.27. The molecular weight excluding hydrogens is 228 g/mol. The SMILES string of the molecule is Cc1c(CN)noc1-c1ccc(OC(C)C)cc1. The molecule has 0 atom stereocenters. The van der Waals surface area contributed by atoms with Crippen molar-refractivity contribution in [3.63, 3.8) is 0 Å². The van der Waals surface area contributed by atoms with Gasteiger partial charge in [-0.05, 0) is 45.0 Å². The lowest BCUT2D eigenvalue weighted by Crippen LogP contribution is -2.05. The van der Waals surface area contributed by atoms with Crippen molar-refractivity contribution in [1.82, 2.24) is 5.16 Å². The molecular formula is C14H18N2O2. The Hall–Kier alpha value is -1.81. The van der Waals surface area contributed by atoms with E-state index in [0.717, 1.165) is 28.3 Å². The van der Waals surface area contributed by atoms with Crippen LogP contribution in [-0.2, 0) is 6.54 Å². The molecule has 2 aromatic rings. The van der Waals surface area contributed by atoms with E-state index in [2.05, 4.69) is 5.16 Å². The van der Waals surface area contributed by atoms with Gasteiger partial charge in [-0.3, -0.25) is 0 Å². The van der Waals surface area contributed by atoms with Gasteiger partial charge in [0, 0.05) is 17.7 Å². The first-order chi connectivity index (χ1) is 8.61. The summed E-state index contributed by atoms with van der Waals surface area (Å²) in [4.78, 5) is 0. The molecule has 4 nitrogen and oxygen atoms in total. The monoisotopic (exact) mass is 246 g/mol. The van der Waals surface area contributed by atoms with Crippen LogP contribution in [0.3, 0.4) is 0 Å². The predicted octanol–water partition coefficient (Wildman–Crippen LogP) is 2.90. The van der Waals surface area contributed by atoms with Crippen LogP contribution in [0, 0.1) is 6.92 Å². The Morgan fingerprint density at radius 1 is 1.28 bits per heavy atom. The number of rotatable bonds is 4. The summed E-state index contributed by atoms with van der Waals surface area (Å²) in [6.45, 7) is 6.36. The maximum atomic E-state index is 5.60. The van der Waals surface area contributed by atoms with Gasteiger partial charge in [0.05, 0.1) is 6.10 Å². The molecule has 0 aliphatic carbocycles. The summed E-state index contributed by atoms with van der Waals surface area (Å²) in [6, 6.07) is 7.79. The van der Waals surface area contributed by atoms with Crippen molar-refractivity contribution in [3.05, 3.63) is 35.5 Å². The van der Waals surface area contributed by atoms with Gasteiger partial charge in [0.2, 0.25) is 0 Å². The molecule has 0 saturated carbocycles. The van der Waals surface area contributed by atoms with Crippen LogP contribution in [-0.4, -0.2) is 11.3 Å². The molecule has 4 heteroatoms. The van der Waals surface area contributed by atoms with E-state index < -0.39 is 0 Å². The van der Waals surface area contributed by atoms with Gasteiger partial charge in [-0.15, -0.1) is 0 Å². The molecule has 0 spiro atoms. The first-order valence-corrected chi connectivity index (χ1v) is 6.04. The number of nitrogens with two attached hydrogens (primary N) is 1. The molecule has 1 heterocycles. The van der Waals surface area contributed by atoms with E-state index in [4.69, 9.17) is 15.0 Å². The van der Waals surface area contributed by atoms with E-state index in [-0.39, 0.29) is 6.10 Å². The lowest BCUT2D eigenvalue weighted by molar-refractivity contribution is 0.242. The summed E-state index contributed by atoms with van der Waals surface area (Å²) in [5.41, 5.74) is 8.35. The molecule has 2 N–H and O–H groups in total. The topological polar surface area (TPSA) is 61.3 Å². The minimum absolute atomic E-state index is 0.173. The Bertz CT molecular complexity index is 515. The molecule has 0 fully saturated rings. The van der Waals surface area contributed by atoms with E-state index in [1.165, 1.54) is 0 Å². The van der Waals surface area contributed by atoms with Crippen molar-refractivity contribution in [2.24, 2.45) is 5.73 Å². The van der Waals surface area contributed by atoms with Crippen LogP contribution in [0.1, 0.15) is 25.1 Å². The highest BCUT2D eigenvalue weighted by Gasteiger charge is 2.12. The van der Waals surface area contributed by atoms with Gasteiger partial charge in [-0.2, -0.15) is 0 Å². The van der Waals surface area contributed by atoms with E-state index in [0.29, 0.717) is 6.54 Å². The van der Waals surface area contributed by atoms with Crippen LogP contribution >= 0.6 is 0 Å². The second kappa shape index (κ2) is 5.23. The second-order valence-electron chi connectivity index (χ2n) is 4.48. The summed E-state index contributed by atoms with van der Waals surface area (Å²) in [5, 5.41) is 3.95. The standard InChI is InChI=1S/C14H18N2O2/c1-9(2)17-12-6-4-11(5-7-12)14-10(3)13(8-15)16-18-14/h4-7,9H,8,15H2,1-3H3. The van der Waals surface area contributed by atoms with Crippen molar-refractivity contribution in [3.8, 4) is 17.1 Å². The minimum atomic E-state index is 0.173. The first-order valence-electron chi connectivity index (χ1n) is 6.04. The number of hydrogen-bond donors (Lipinski definition) is 1. The van der Waals surface area contributed by atoms with Crippen molar-refractivity contribution in [2.45, 2.75) is 33.4 Å². The van der Waals surface area contributed by atoms with Crippen LogP contribution in [0.15, 0.2) is 28.8 Å². The molecule has 1 aromatic carbocycles. The van der Waals surface area contributed by atoms with Gasteiger partial charge < -0.3 is 15.0 Å². The molecule has 0 radical (unpaired) electrons. The highest BCUT2D eigenvalue weighted by atomic mass is 16.5. The third-order valence-electron chi connectivity index (χ3n) is 2.70. The van der Waals surface area contributed by atoms with Crippen LogP contribution < -0.4 is 10.5 Å². The molecule has 1 aromatic heterocycles. The number of hydrogen-bond acceptors (Lipinski definition) is 4. The van der Waals surface area contributed by atoms with Crippen LogP contribution in [0.5, 0.6) is 5.75 Å². The maximum Gasteiger partial charge on any atom is 0.170 e. The zero-order chi connectivity index (χ0) is 13.1. The van der Waals surface area contributed by atoms with Gasteiger partial charge in [-0.25, -0.2) is 0 Å². The molecule has 0 amide bonds. The fraction of sp³-hybridized carbons (Fsp3) is 0.357. The van der Waals surface area contributed by atoms with Crippen molar-refractivity contribution >= 4 is 0 Å². The Labute approximate surface area is 107 Å². The van der Waals surface area contributed by atoms with E-state index in [1.54, 1.807) is 0 Å². The summed E-state index contributed by atoms with van der Waals surface area (Å²) >= 11 is 0. The van der Waals surface area contributed by atoms with Gasteiger partial charge in [0.15, 0.2) is 5.76 Å². The van der Waals surface area contributed by atoms with Crippen molar-refractivity contribution < 1.29 is 9.26 Å². The number of aromatic nitrogens is 1. The smallest absolute Gasteiger partial charge is 0.170 e. The van der Waals surface area contributed by atoms with Gasteiger partial charge in [0.1, 0.15) is 11.4 Å².